The fraction of sp³-hybridized carbons (Fsp3) is 0.316. The van der Waals surface area contributed by atoms with Gasteiger partial charge >= 0.3 is 0 Å². The van der Waals surface area contributed by atoms with Crippen molar-refractivity contribution in [2.45, 2.75) is 32.4 Å². The summed E-state index contributed by atoms with van der Waals surface area (Å²) < 4.78 is 27.6. The number of β-amino-alcohol motifs (C(OH)–C–C–N with tert-alkyl or cyclic N) is 1. The maximum Gasteiger partial charge on any atom is 0.254 e. The van der Waals surface area contributed by atoms with E-state index in [-0.39, 0.29) is 24.4 Å². The largest absolute Gasteiger partial charge is 0.391 e. The van der Waals surface area contributed by atoms with Gasteiger partial charge in [0.25, 0.3) is 5.91 Å². The number of amides is 1. The lowest BCUT2D eigenvalue weighted by Gasteiger charge is -2.25. The number of nitrogens with zero attached hydrogens (tertiary/aromatic N) is 1. The minimum absolute atomic E-state index is 0.101. The molecule has 1 aliphatic rings. The van der Waals surface area contributed by atoms with Crippen molar-refractivity contribution in [3.05, 3.63) is 70.3 Å². The van der Waals surface area contributed by atoms with Crippen LogP contribution in [0.25, 0.3) is 0 Å². The molecule has 0 saturated carbocycles. The lowest BCUT2D eigenvalue weighted by molar-refractivity contribution is 0.0713. The molecule has 126 valence electrons. The number of likely N-dealkylation sites (tertiary alicyclic amines) is 1. The molecule has 3 rings (SSSR count). The Bertz CT molecular complexity index is 791. The number of hydrogen-bond donors (Lipinski definition) is 1. The molecule has 2 aromatic carbocycles. The molecule has 0 bridgehead atoms. The number of aryl methyl sites for hydroxylation is 2. The predicted octanol–water partition coefficient (Wildman–Crippen LogP) is 3.53. The Morgan fingerprint density at radius 1 is 1.12 bits per heavy atom. The third-order valence-electron chi connectivity index (χ3n) is 4.61. The summed E-state index contributed by atoms with van der Waals surface area (Å²) in [7, 11) is 0. The van der Waals surface area contributed by atoms with E-state index in [4.69, 9.17) is 0 Å². The second kappa shape index (κ2) is 6.32. The summed E-state index contributed by atoms with van der Waals surface area (Å²) >= 11 is 0. The van der Waals surface area contributed by atoms with Gasteiger partial charge in [-0.2, -0.15) is 0 Å². The van der Waals surface area contributed by atoms with Crippen molar-refractivity contribution in [2.75, 3.05) is 6.54 Å². The number of benzene rings is 2. The summed E-state index contributed by atoms with van der Waals surface area (Å²) in [5.41, 5.74) is 2.63. The third kappa shape index (κ3) is 3.04. The number of halogens is 2. The van der Waals surface area contributed by atoms with Gasteiger partial charge in [0.1, 0.15) is 11.6 Å². The van der Waals surface area contributed by atoms with E-state index in [2.05, 4.69) is 0 Å². The van der Waals surface area contributed by atoms with Gasteiger partial charge in [-0.25, -0.2) is 8.78 Å². The normalized spacial score (nSPS) is 20.5. The molecular weight excluding hydrogens is 312 g/mol. The van der Waals surface area contributed by atoms with Gasteiger partial charge in [-0.05, 0) is 61.7 Å². The monoisotopic (exact) mass is 331 g/mol. The molecule has 1 amide bonds. The molecule has 0 aliphatic carbocycles. The summed E-state index contributed by atoms with van der Waals surface area (Å²) in [6.07, 6.45) is -0.565. The molecule has 1 fully saturated rings. The Morgan fingerprint density at radius 3 is 2.58 bits per heavy atom. The van der Waals surface area contributed by atoms with Crippen molar-refractivity contribution in [3.8, 4) is 0 Å². The molecule has 24 heavy (non-hydrogen) atoms. The zero-order valence-corrected chi connectivity index (χ0v) is 13.6. The van der Waals surface area contributed by atoms with Crippen LogP contribution < -0.4 is 0 Å². The number of carbonyl (C=O) groups is 1. The number of aliphatic hydroxyl groups excluding tert-OH is 1. The minimum atomic E-state index is -0.756. The molecular formula is C19H19F2NO2. The summed E-state index contributed by atoms with van der Waals surface area (Å²) in [5, 5.41) is 9.98. The zero-order valence-electron chi connectivity index (χ0n) is 13.6. The number of aliphatic hydroxyl groups is 1. The van der Waals surface area contributed by atoms with E-state index in [0.717, 1.165) is 29.3 Å². The van der Waals surface area contributed by atoms with Crippen molar-refractivity contribution in [1.29, 1.82) is 0 Å². The topological polar surface area (TPSA) is 40.5 Å². The van der Waals surface area contributed by atoms with Gasteiger partial charge in [0.15, 0.2) is 0 Å². The molecule has 0 radical (unpaired) electrons. The summed E-state index contributed by atoms with van der Waals surface area (Å²) in [6.45, 7) is 3.97. The number of rotatable bonds is 2. The lowest BCUT2D eigenvalue weighted by atomic mass is 10.0. The smallest absolute Gasteiger partial charge is 0.254 e. The van der Waals surface area contributed by atoms with Crippen LogP contribution in [0.1, 0.15) is 39.5 Å². The Hall–Kier alpha value is -2.27. The van der Waals surface area contributed by atoms with E-state index in [9.17, 15) is 18.7 Å². The van der Waals surface area contributed by atoms with Gasteiger partial charge in [0.05, 0.1) is 12.1 Å². The Kier molecular flexibility index (Phi) is 4.37. The van der Waals surface area contributed by atoms with Crippen LogP contribution in [0.15, 0.2) is 36.4 Å². The van der Waals surface area contributed by atoms with Crippen molar-refractivity contribution >= 4 is 5.91 Å². The fourth-order valence-electron chi connectivity index (χ4n) is 3.14. The van der Waals surface area contributed by atoms with E-state index >= 15 is 0 Å². The Labute approximate surface area is 139 Å². The first-order valence-electron chi connectivity index (χ1n) is 7.88. The van der Waals surface area contributed by atoms with Crippen molar-refractivity contribution in [2.24, 2.45) is 0 Å². The summed E-state index contributed by atoms with van der Waals surface area (Å²) in [4.78, 5) is 14.3. The SMILES string of the molecule is Cc1ccc(C(=O)N2CC(O)CC2c2cc(F)ccc2F)cc1C. The first-order valence-corrected chi connectivity index (χ1v) is 7.88. The van der Waals surface area contributed by atoms with Crippen LogP contribution in [0.2, 0.25) is 0 Å². The van der Waals surface area contributed by atoms with E-state index in [1.165, 1.54) is 4.90 Å². The van der Waals surface area contributed by atoms with Gasteiger partial charge in [-0.15, -0.1) is 0 Å². The third-order valence-corrected chi connectivity index (χ3v) is 4.61. The van der Waals surface area contributed by atoms with Crippen LogP contribution in [0, 0.1) is 25.5 Å². The van der Waals surface area contributed by atoms with Crippen LogP contribution in [-0.2, 0) is 0 Å². The average molecular weight is 331 g/mol. The first kappa shape index (κ1) is 16.6. The van der Waals surface area contributed by atoms with Crippen LogP contribution >= 0.6 is 0 Å². The number of hydrogen-bond acceptors (Lipinski definition) is 2. The van der Waals surface area contributed by atoms with Crippen LogP contribution in [0.3, 0.4) is 0 Å². The van der Waals surface area contributed by atoms with Gasteiger partial charge in [-0.3, -0.25) is 4.79 Å². The van der Waals surface area contributed by atoms with E-state index in [0.29, 0.717) is 5.56 Å². The second-order valence-corrected chi connectivity index (χ2v) is 6.33. The van der Waals surface area contributed by atoms with Crippen LogP contribution in [0.5, 0.6) is 0 Å². The highest BCUT2D eigenvalue weighted by atomic mass is 19.1. The number of carbonyl (C=O) groups excluding carboxylic acids is 1. The summed E-state index contributed by atoms with van der Waals surface area (Å²) in [6, 6.07) is 7.86. The second-order valence-electron chi connectivity index (χ2n) is 6.33. The Morgan fingerprint density at radius 2 is 1.88 bits per heavy atom. The van der Waals surface area contributed by atoms with Crippen molar-refractivity contribution in [1.82, 2.24) is 4.90 Å². The molecule has 3 nitrogen and oxygen atoms in total. The highest BCUT2D eigenvalue weighted by molar-refractivity contribution is 5.95. The van der Waals surface area contributed by atoms with Crippen LogP contribution in [-0.4, -0.2) is 28.6 Å². The van der Waals surface area contributed by atoms with Crippen molar-refractivity contribution < 1.29 is 18.7 Å². The molecule has 1 heterocycles. The zero-order chi connectivity index (χ0) is 17.4. The molecule has 5 heteroatoms. The summed E-state index contributed by atoms with van der Waals surface area (Å²) in [5.74, 6) is -1.43. The van der Waals surface area contributed by atoms with E-state index in [1.807, 2.05) is 19.9 Å². The predicted molar refractivity (Wildman–Crippen MR) is 86.7 cm³/mol. The maximum atomic E-state index is 14.1. The van der Waals surface area contributed by atoms with Crippen LogP contribution in [0.4, 0.5) is 8.78 Å². The Balaban J connectivity index is 1.97. The minimum Gasteiger partial charge on any atom is -0.391 e. The van der Waals surface area contributed by atoms with Gasteiger partial charge in [-0.1, -0.05) is 6.07 Å². The average Bonchev–Trinajstić information content (AvgIpc) is 2.93. The highest BCUT2D eigenvalue weighted by Crippen LogP contribution is 2.35. The first-order chi connectivity index (χ1) is 11.4. The molecule has 1 aliphatic heterocycles. The molecule has 2 aromatic rings. The highest BCUT2D eigenvalue weighted by Gasteiger charge is 2.37. The molecule has 0 aromatic heterocycles. The van der Waals surface area contributed by atoms with Gasteiger partial charge in [0.2, 0.25) is 0 Å². The molecule has 1 N–H and O–H groups in total. The van der Waals surface area contributed by atoms with Gasteiger partial charge in [0, 0.05) is 17.7 Å². The van der Waals surface area contributed by atoms with E-state index < -0.39 is 23.8 Å². The quantitative estimate of drug-likeness (QED) is 0.914. The lowest BCUT2D eigenvalue weighted by Crippen LogP contribution is -2.32. The standard InChI is InChI=1S/C19H19F2NO2/c1-11-3-4-13(7-12(11)2)19(24)22-10-15(23)9-18(22)16-8-14(20)5-6-17(16)21/h3-8,15,18,23H,9-10H2,1-2H3. The molecule has 0 spiro atoms. The molecule has 2 unspecified atom stereocenters. The maximum absolute atomic E-state index is 14.1. The van der Waals surface area contributed by atoms with Gasteiger partial charge < -0.3 is 10.0 Å². The molecule has 1 saturated heterocycles. The molecule has 2 atom stereocenters. The van der Waals surface area contributed by atoms with Crippen molar-refractivity contribution in [3.63, 3.8) is 0 Å². The van der Waals surface area contributed by atoms with E-state index in [1.54, 1.807) is 12.1 Å². The fourth-order valence-corrected chi connectivity index (χ4v) is 3.14.